The standard InChI is InChI=1S/C15H13N3S/c1-10-7-8-19-14(10)12-9-13(16)18-15(17-12)11-5-3-2-4-6-11/h2-9H,1H3,(H2,16,17,18). The lowest BCUT2D eigenvalue weighted by molar-refractivity contribution is 1.19. The van der Waals surface area contributed by atoms with Gasteiger partial charge in [-0.2, -0.15) is 0 Å². The first kappa shape index (κ1) is 11.9. The topological polar surface area (TPSA) is 51.8 Å². The van der Waals surface area contributed by atoms with Crippen LogP contribution in [0.15, 0.2) is 47.8 Å². The van der Waals surface area contributed by atoms with Crippen LogP contribution >= 0.6 is 11.3 Å². The van der Waals surface area contributed by atoms with E-state index in [9.17, 15) is 0 Å². The van der Waals surface area contributed by atoms with Gasteiger partial charge < -0.3 is 5.73 Å². The van der Waals surface area contributed by atoms with E-state index in [2.05, 4.69) is 28.3 Å². The van der Waals surface area contributed by atoms with Crippen molar-refractivity contribution in [2.24, 2.45) is 0 Å². The molecule has 0 fully saturated rings. The van der Waals surface area contributed by atoms with E-state index >= 15 is 0 Å². The van der Waals surface area contributed by atoms with Crippen LogP contribution in [0.3, 0.4) is 0 Å². The smallest absolute Gasteiger partial charge is 0.162 e. The Bertz CT molecular complexity index is 704. The zero-order valence-electron chi connectivity index (χ0n) is 10.5. The van der Waals surface area contributed by atoms with Crippen LogP contribution in [0.4, 0.5) is 5.82 Å². The van der Waals surface area contributed by atoms with Crippen LogP contribution in [0, 0.1) is 6.92 Å². The van der Waals surface area contributed by atoms with Gasteiger partial charge in [0.05, 0.1) is 10.6 Å². The maximum absolute atomic E-state index is 5.91. The van der Waals surface area contributed by atoms with Gasteiger partial charge in [-0.25, -0.2) is 9.97 Å². The van der Waals surface area contributed by atoms with Gasteiger partial charge in [-0.1, -0.05) is 30.3 Å². The first-order valence-electron chi connectivity index (χ1n) is 5.98. The van der Waals surface area contributed by atoms with Crippen LogP contribution < -0.4 is 5.73 Å². The maximum atomic E-state index is 5.91. The molecular weight excluding hydrogens is 254 g/mol. The van der Waals surface area contributed by atoms with E-state index < -0.39 is 0 Å². The predicted octanol–water partition coefficient (Wildman–Crippen LogP) is 3.76. The Morgan fingerprint density at radius 3 is 2.53 bits per heavy atom. The van der Waals surface area contributed by atoms with Crippen molar-refractivity contribution in [2.45, 2.75) is 6.92 Å². The third-order valence-electron chi connectivity index (χ3n) is 2.87. The molecule has 0 unspecified atom stereocenters. The molecule has 0 atom stereocenters. The first-order valence-corrected chi connectivity index (χ1v) is 6.86. The SMILES string of the molecule is Cc1ccsc1-c1cc(N)nc(-c2ccccc2)n1. The molecule has 4 heteroatoms. The van der Waals surface area contributed by atoms with Crippen LogP contribution in [0.25, 0.3) is 22.0 Å². The van der Waals surface area contributed by atoms with Gasteiger partial charge in [0.2, 0.25) is 0 Å². The van der Waals surface area contributed by atoms with Crippen LogP contribution in [0.5, 0.6) is 0 Å². The second-order valence-electron chi connectivity index (χ2n) is 4.30. The van der Waals surface area contributed by atoms with Crippen molar-refractivity contribution < 1.29 is 0 Å². The molecule has 0 radical (unpaired) electrons. The number of hydrogen-bond donors (Lipinski definition) is 1. The summed E-state index contributed by atoms with van der Waals surface area (Å²) < 4.78 is 0. The molecule has 2 N–H and O–H groups in total. The molecule has 2 aromatic heterocycles. The van der Waals surface area contributed by atoms with Gasteiger partial charge in [-0.3, -0.25) is 0 Å². The van der Waals surface area contributed by atoms with Gasteiger partial charge in [0.25, 0.3) is 0 Å². The molecule has 0 saturated carbocycles. The molecule has 0 bridgehead atoms. The van der Waals surface area contributed by atoms with Crippen LogP contribution in [-0.4, -0.2) is 9.97 Å². The number of thiophene rings is 1. The van der Waals surface area contributed by atoms with Crippen molar-refractivity contribution in [1.82, 2.24) is 9.97 Å². The molecular formula is C15H13N3S. The number of nitrogens with zero attached hydrogens (tertiary/aromatic N) is 2. The minimum Gasteiger partial charge on any atom is -0.384 e. The van der Waals surface area contributed by atoms with E-state index in [4.69, 9.17) is 5.73 Å². The molecule has 0 aliphatic carbocycles. The Kier molecular flexibility index (Phi) is 3.01. The fourth-order valence-corrected chi connectivity index (χ4v) is 2.82. The van der Waals surface area contributed by atoms with E-state index in [0.29, 0.717) is 11.6 Å². The van der Waals surface area contributed by atoms with Gasteiger partial charge >= 0.3 is 0 Å². The number of benzene rings is 1. The van der Waals surface area contributed by atoms with Crippen molar-refractivity contribution >= 4 is 17.2 Å². The molecule has 19 heavy (non-hydrogen) atoms. The Hall–Kier alpha value is -2.20. The summed E-state index contributed by atoms with van der Waals surface area (Å²) >= 11 is 1.67. The summed E-state index contributed by atoms with van der Waals surface area (Å²) in [6, 6.07) is 13.8. The zero-order valence-corrected chi connectivity index (χ0v) is 11.3. The van der Waals surface area contributed by atoms with Gasteiger partial charge in [0.1, 0.15) is 5.82 Å². The van der Waals surface area contributed by atoms with Crippen molar-refractivity contribution in [1.29, 1.82) is 0 Å². The van der Waals surface area contributed by atoms with Crippen molar-refractivity contribution in [3.05, 3.63) is 53.4 Å². The van der Waals surface area contributed by atoms with E-state index in [-0.39, 0.29) is 0 Å². The molecule has 94 valence electrons. The molecule has 3 aromatic rings. The second-order valence-corrected chi connectivity index (χ2v) is 5.22. The number of nitrogens with two attached hydrogens (primary N) is 1. The highest BCUT2D eigenvalue weighted by atomic mass is 32.1. The Labute approximate surface area is 115 Å². The number of aromatic nitrogens is 2. The Morgan fingerprint density at radius 2 is 1.84 bits per heavy atom. The largest absolute Gasteiger partial charge is 0.384 e. The Balaban J connectivity index is 2.14. The lowest BCUT2D eigenvalue weighted by Crippen LogP contribution is -1.97. The summed E-state index contributed by atoms with van der Waals surface area (Å²) in [7, 11) is 0. The van der Waals surface area contributed by atoms with Gasteiger partial charge in [-0.15, -0.1) is 11.3 Å². The molecule has 0 spiro atoms. The van der Waals surface area contributed by atoms with E-state index in [0.717, 1.165) is 16.1 Å². The summed E-state index contributed by atoms with van der Waals surface area (Å²) in [4.78, 5) is 10.1. The minimum atomic E-state index is 0.497. The van der Waals surface area contributed by atoms with Crippen LogP contribution in [-0.2, 0) is 0 Å². The van der Waals surface area contributed by atoms with Crippen molar-refractivity contribution in [3.8, 4) is 22.0 Å². The highest BCUT2D eigenvalue weighted by Gasteiger charge is 2.09. The number of nitrogen functional groups attached to an aromatic ring is 1. The molecule has 0 aliphatic heterocycles. The minimum absolute atomic E-state index is 0.497. The lowest BCUT2D eigenvalue weighted by Gasteiger charge is -2.05. The second kappa shape index (κ2) is 4.82. The number of aryl methyl sites for hydroxylation is 1. The van der Waals surface area contributed by atoms with Crippen molar-refractivity contribution in [3.63, 3.8) is 0 Å². The third-order valence-corrected chi connectivity index (χ3v) is 3.91. The number of rotatable bonds is 2. The first-order chi connectivity index (χ1) is 9.24. The van der Waals surface area contributed by atoms with Crippen LogP contribution in [0.2, 0.25) is 0 Å². The summed E-state index contributed by atoms with van der Waals surface area (Å²) in [6.07, 6.45) is 0. The monoisotopic (exact) mass is 267 g/mol. The van der Waals surface area contributed by atoms with E-state index in [1.165, 1.54) is 5.56 Å². The predicted molar refractivity (Wildman–Crippen MR) is 79.9 cm³/mol. The van der Waals surface area contributed by atoms with E-state index in [1.54, 1.807) is 11.3 Å². The zero-order chi connectivity index (χ0) is 13.2. The average molecular weight is 267 g/mol. The third kappa shape index (κ3) is 2.35. The molecule has 2 heterocycles. The molecule has 0 amide bonds. The fraction of sp³-hybridized carbons (Fsp3) is 0.0667. The number of anilines is 1. The van der Waals surface area contributed by atoms with Gasteiger partial charge in [0, 0.05) is 11.6 Å². The average Bonchev–Trinajstić information content (AvgIpc) is 2.85. The quantitative estimate of drug-likeness (QED) is 0.769. The van der Waals surface area contributed by atoms with Gasteiger partial charge in [0.15, 0.2) is 5.82 Å². The summed E-state index contributed by atoms with van der Waals surface area (Å²) in [6.45, 7) is 2.08. The summed E-state index contributed by atoms with van der Waals surface area (Å²) in [5, 5.41) is 2.06. The van der Waals surface area contributed by atoms with Gasteiger partial charge in [-0.05, 0) is 23.9 Å². The molecule has 3 rings (SSSR count). The maximum Gasteiger partial charge on any atom is 0.162 e. The molecule has 3 nitrogen and oxygen atoms in total. The highest BCUT2D eigenvalue weighted by molar-refractivity contribution is 7.13. The summed E-state index contributed by atoms with van der Waals surface area (Å²) in [5.74, 6) is 1.17. The molecule has 0 aliphatic rings. The molecule has 1 aromatic carbocycles. The fourth-order valence-electron chi connectivity index (χ4n) is 1.93. The van der Waals surface area contributed by atoms with Crippen molar-refractivity contribution in [2.75, 3.05) is 5.73 Å². The lowest BCUT2D eigenvalue weighted by atomic mass is 10.2. The summed E-state index contributed by atoms with van der Waals surface area (Å²) in [5.41, 5.74) is 8.98. The van der Waals surface area contributed by atoms with Crippen LogP contribution in [0.1, 0.15) is 5.56 Å². The van der Waals surface area contributed by atoms with E-state index in [1.807, 2.05) is 36.4 Å². The normalized spacial score (nSPS) is 10.6. The Morgan fingerprint density at radius 1 is 1.05 bits per heavy atom. The highest BCUT2D eigenvalue weighted by Crippen LogP contribution is 2.29. The number of hydrogen-bond acceptors (Lipinski definition) is 4. The molecule has 0 saturated heterocycles.